The van der Waals surface area contributed by atoms with Gasteiger partial charge in [-0.3, -0.25) is 9.59 Å². The second-order valence-electron chi connectivity index (χ2n) is 4.88. The van der Waals surface area contributed by atoms with Crippen molar-refractivity contribution in [1.29, 1.82) is 0 Å². The first-order chi connectivity index (χ1) is 10.8. The lowest BCUT2D eigenvalue weighted by molar-refractivity contribution is -0.116. The Hall–Kier alpha value is -2.03. The number of sulfonamides is 1. The quantitative estimate of drug-likeness (QED) is 0.808. The van der Waals surface area contributed by atoms with Crippen LogP contribution < -0.4 is 5.32 Å². The molecule has 0 unspecified atom stereocenters. The van der Waals surface area contributed by atoms with Crippen molar-refractivity contribution in [2.75, 3.05) is 18.9 Å². The van der Waals surface area contributed by atoms with Crippen LogP contribution in [-0.2, 0) is 14.8 Å². The summed E-state index contributed by atoms with van der Waals surface area (Å²) in [4.78, 5) is 23.3. The van der Waals surface area contributed by atoms with E-state index in [9.17, 15) is 18.0 Å². The predicted octanol–water partition coefficient (Wildman–Crippen LogP) is 2.21. The highest BCUT2D eigenvalue weighted by atomic mass is 32.2. The highest BCUT2D eigenvalue weighted by Gasteiger charge is 2.23. The zero-order chi connectivity index (χ0) is 17.0. The van der Waals surface area contributed by atoms with Crippen LogP contribution in [0.2, 0.25) is 0 Å². The van der Waals surface area contributed by atoms with Gasteiger partial charge < -0.3 is 5.32 Å². The smallest absolute Gasteiger partial charge is 0.252 e. The summed E-state index contributed by atoms with van der Waals surface area (Å²) in [5.41, 5.74) is 0.923. The van der Waals surface area contributed by atoms with E-state index in [4.69, 9.17) is 0 Å². The fourth-order valence-corrected chi connectivity index (χ4v) is 4.20. The van der Waals surface area contributed by atoms with E-state index in [-0.39, 0.29) is 16.5 Å². The van der Waals surface area contributed by atoms with Gasteiger partial charge in [-0.05, 0) is 30.5 Å². The highest BCUT2D eigenvalue weighted by Crippen LogP contribution is 2.19. The normalized spacial score (nSPS) is 11.4. The number of ketones is 1. The van der Waals surface area contributed by atoms with Crippen LogP contribution in [0, 0.1) is 0 Å². The summed E-state index contributed by atoms with van der Waals surface area (Å²) in [7, 11) is -2.32. The molecule has 1 aromatic heterocycles. The molecule has 0 bridgehead atoms. The third-order valence-electron chi connectivity index (χ3n) is 3.08. The van der Waals surface area contributed by atoms with E-state index in [1.54, 1.807) is 35.7 Å². The average molecular weight is 352 g/mol. The number of anilines is 1. The molecule has 0 fully saturated rings. The number of nitrogens with one attached hydrogen (secondary N) is 1. The molecule has 0 atom stereocenters. The Morgan fingerprint density at radius 1 is 1.22 bits per heavy atom. The minimum atomic E-state index is -3.67. The number of hydrogen-bond donors (Lipinski definition) is 1. The van der Waals surface area contributed by atoms with Gasteiger partial charge in [0.1, 0.15) is 4.21 Å². The van der Waals surface area contributed by atoms with Gasteiger partial charge in [-0.25, -0.2) is 8.42 Å². The van der Waals surface area contributed by atoms with Crippen molar-refractivity contribution in [3.8, 4) is 0 Å². The van der Waals surface area contributed by atoms with Crippen molar-refractivity contribution in [3.63, 3.8) is 0 Å². The summed E-state index contributed by atoms with van der Waals surface area (Å²) in [6.07, 6.45) is 0. The van der Waals surface area contributed by atoms with Crippen LogP contribution in [0.5, 0.6) is 0 Å². The number of nitrogens with zero attached hydrogens (tertiary/aromatic N) is 1. The van der Waals surface area contributed by atoms with Crippen molar-refractivity contribution in [2.24, 2.45) is 0 Å². The minimum absolute atomic E-state index is 0.113. The number of amides is 1. The first-order valence-corrected chi connectivity index (χ1v) is 9.03. The molecule has 1 N–H and O–H groups in total. The Morgan fingerprint density at radius 3 is 2.57 bits per heavy atom. The lowest BCUT2D eigenvalue weighted by Crippen LogP contribution is -2.34. The molecule has 0 radical (unpaired) electrons. The second-order valence-corrected chi connectivity index (χ2v) is 8.10. The summed E-state index contributed by atoms with van der Waals surface area (Å²) in [6, 6.07) is 9.61. The molecule has 1 heterocycles. The largest absolute Gasteiger partial charge is 0.325 e. The van der Waals surface area contributed by atoms with E-state index in [0.717, 1.165) is 15.6 Å². The number of carbonyl (C=O) groups excluding carboxylic acids is 2. The Balaban J connectivity index is 2.05. The van der Waals surface area contributed by atoms with Crippen LogP contribution in [0.3, 0.4) is 0 Å². The summed E-state index contributed by atoms with van der Waals surface area (Å²) < 4.78 is 25.6. The van der Waals surface area contributed by atoms with Gasteiger partial charge in [-0.1, -0.05) is 18.2 Å². The predicted molar refractivity (Wildman–Crippen MR) is 89.2 cm³/mol. The van der Waals surface area contributed by atoms with E-state index in [0.29, 0.717) is 11.3 Å². The van der Waals surface area contributed by atoms with E-state index in [2.05, 4.69) is 5.32 Å². The monoisotopic (exact) mass is 352 g/mol. The van der Waals surface area contributed by atoms with Crippen molar-refractivity contribution < 1.29 is 18.0 Å². The number of Topliss-reactive ketones (excluding diaryl/α,β-unsaturated/α-hetero) is 1. The van der Waals surface area contributed by atoms with Gasteiger partial charge in [0.2, 0.25) is 5.91 Å². The zero-order valence-electron chi connectivity index (χ0n) is 12.6. The van der Waals surface area contributed by atoms with E-state index >= 15 is 0 Å². The van der Waals surface area contributed by atoms with Gasteiger partial charge in [0, 0.05) is 18.3 Å². The van der Waals surface area contributed by atoms with Gasteiger partial charge in [0.25, 0.3) is 10.0 Å². The van der Waals surface area contributed by atoms with Gasteiger partial charge in [0.15, 0.2) is 5.78 Å². The van der Waals surface area contributed by atoms with Crippen molar-refractivity contribution in [1.82, 2.24) is 4.31 Å². The molecule has 23 heavy (non-hydrogen) atoms. The Morgan fingerprint density at radius 2 is 1.96 bits per heavy atom. The van der Waals surface area contributed by atoms with Gasteiger partial charge in [-0.15, -0.1) is 11.3 Å². The average Bonchev–Trinajstić information content (AvgIpc) is 3.02. The first kappa shape index (κ1) is 17.3. The third kappa shape index (κ3) is 4.25. The molecule has 0 saturated heterocycles. The number of carbonyl (C=O) groups is 2. The van der Waals surface area contributed by atoms with Crippen molar-refractivity contribution >= 4 is 38.7 Å². The molecule has 0 saturated carbocycles. The number of benzene rings is 1. The maximum absolute atomic E-state index is 12.2. The molecule has 0 spiro atoms. The van der Waals surface area contributed by atoms with Crippen LogP contribution in [0.1, 0.15) is 17.3 Å². The second kappa shape index (κ2) is 7.03. The van der Waals surface area contributed by atoms with Gasteiger partial charge in [-0.2, -0.15) is 4.31 Å². The number of thiophene rings is 1. The molecule has 0 aliphatic heterocycles. The SMILES string of the molecule is CC(=O)c1cccc(NC(=O)CN(C)S(=O)(=O)c2cccs2)c1. The van der Waals surface area contributed by atoms with Crippen LogP contribution >= 0.6 is 11.3 Å². The Labute approximate surface area is 138 Å². The summed E-state index contributed by atoms with van der Waals surface area (Å²) in [6.45, 7) is 1.12. The molecule has 0 aliphatic carbocycles. The molecular weight excluding hydrogens is 336 g/mol. The van der Waals surface area contributed by atoms with Crippen LogP contribution in [0.25, 0.3) is 0 Å². The van der Waals surface area contributed by atoms with Crippen molar-refractivity contribution in [3.05, 3.63) is 47.3 Å². The minimum Gasteiger partial charge on any atom is -0.325 e. The van der Waals surface area contributed by atoms with E-state index in [1.165, 1.54) is 20.0 Å². The molecule has 6 nitrogen and oxygen atoms in total. The highest BCUT2D eigenvalue weighted by molar-refractivity contribution is 7.91. The summed E-state index contributed by atoms with van der Waals surface area (Å²) in [5.74, 6) is -0.591. The van der Waals surface area contributed by atoms with Crippen LogP contribution in [-0.4, -0.2) is 38.0 Å². The summed E-state index contributed by atoms with van der Waals surface area (Å²) in [5, 5.41) is 4.25. The Bertz CT molecular complexity index is 814. The number of rotatable bonds is 6. The zero-order valence-corrected chi connectivity index (χ0v) is 14.3. The van der Waals surface area contributed by atoms with Crippen LogP contribution in [0.4, 0.5) is 5.69 Å². The maximum atomic E-state index is 12.2. The lowest BCUT2D eigenvalue weighted by Gasteiger charge is -2.15. The van der Waals surface area contributed by atoms with Gasteiger partial charge in [0.05, 0.1) is 6.54 Å². The number of likely N-dealkylation sites (N-methyl/N-ethyl adjacent to an activating group) is 1. The van der Waals surface area contributed by atoms with Crippen molar-refractivity contribution in [2.45, 2.75) is 11.1 Å². The van der Waals surface area contributed by atoms with E-state index < -0.39 is 15.9 Å². The third-order valence-corrected chi connectivity index (χ3v) is 6.26. The standard InChI is InChI=1S/C15H16N2O4S2/c1-11(18)12-5-3-6-13(9-12)16-14(19)10-17(2)23(20,21)15-7-4-8-22-15/h3-9H,10H2,1-2H3,(H,16,19). The Kier molecular flexibility index (Phi) is 5.30. The topological polar surface area (TPSA) is 83.6 Å². The molecule has 122 valence electrons. The molecule has 0 aliphatic rings. The molecule has 2 rings (SSSR count). The van der Waals surface area contributed by atoms with Gasteiger partial charge >= 0.3 is 0 Å². The molecule has 1 aromatic carbocycles. The molecule has 2 aromatic rings. The molecular formula is C15H16N2O4S2. The lowest BCUT2D eigenvalue weighted by atomic mass is 10.1. The maximum Gasteiger partial charge on any atom is 0.252 e. The number of hydrogen-bond acceptors (Lipinski definition) is 5. The fraction of sp³-hybridized carbons (Fsp3) is 0.200. The molecule has 1 amide bonds. The van der Waals surface area contributed by atoms with Crippen LogP contribution in [0.15, 0.2) is 46.0 Å². The molecule has 8 heteroatoms. The first-order valence-electron chi connectivity index (χ1n) is 6.71. The van der Waals surface area contributed by atoms with E-state index in [1.807, 2.05) is 0 Å². The summed E-state index contributed by atoms with van der Waals surface area (Å²) >= 11 is 1.10. The fourth-order valence-electron chi connectivity index (χ4n) is 1.87.